The van der Waals surface area contributed by atoms with Gasteiger partial charge in [0.15, 0.2) is 0 Å². The highest BCUT2D eigenvalue weighted by Gasteiger charge is 2.29. The van der Waals surface area contributed by atoms with Gasteiger partial charge in [0, 0.05) is 18.0 Å². The fourth-order valence-electron chi connectivity index (χ4n) is 4.18. The normalized spacial score (nSPS) is 12.3. The van der Waals surface area contributed by atoms with E-state index in [-0.39, 0.29) is 23.7 Å². The minimum atomic E-state index is -0.440. The number of fused-ring (bicyclic) bond motifs is 1. The average molecular weight is 493 g/mol. The van der Waals surface area contributed by atoms with Gasteiger partial charge >= 0.3 is 0 Å². The molecule has 0 N–H and O–H groups in total. The van der Waals surface area contributed by atoms with Crippen LogP contribution in [0.3, 0.4) is 0 Å². The van der Waals surface area contributed by atoms with Crippen molar-refractivity contribution in [3.8, 4) is 5.69 Å². The monoisotopic (exact) mass is 492 g/mol. The second kappa shape index (κ2) is 10.9. The van der Waals surface area contributed by atoms with E-state index in [2.05, 4.69) is 0 Å². The predicted molar refractivity (Wildman–Crippen MR) is 139 cm³/mol. The van der Waals surface area contributed by atoms with Crippen molar-refractivity contribution in [3.05, 3.63) is 92.9 Å². The summed E-state index contributed by atoms with van der Waals surface area (Å²) in [6.45, 7) is 3.14. The van der Waals surface area contributed by atoms with E-state index < -0.39 is 6.04 Å². The number of rotatable bonds is 9. The third kappa shape index (κ3) is 5.49. The van der Waals surface area contributed by atoms with Crippen molar-refractivity contribution in [1.29, 1.82) is 0 Å². The molecule has 6 nitrogen and oxygen atoms in total. The van der Waals surface area contributed by atoms with Crippen LogP contribution in [0.2, 0.25) is 0 Å². The highest BCUT2D eigenvalue weighted by atomic mass is 32.1. The van der Waals surface area contributed by atoms with E-state index in [4.69, 9.17) is 4.98 Å². The van der Waals surface area contributed by atoms with Gasteiger partial charge in [-0.2, -0.15) is 0 Å². The SMILES string of the molecule is CCC(c1nc2ccccc2c(=O)n1-c1ccc(F)cc1)N(CCN(C)C)C(=O)Cc1cccs1. The highest BCUT2D eigenvalue weighted by Crippen LogP contribution is 2.27. The van der Waals surface area contributed by atoms with Crippen molar-refractivity contribution >= 4 is 28.1 Å². The fourth-order valence-corrected chi connectivity index (χ4v) is 4.88. The van der Waals surface area contributed by atoms with Crippen LogP contribution in [0.15, 0.2) is 70.8 Å². The van der Waals surface area contributed by atoms with Crippen LogP contribution in [-0.2, 0) is 11.2 Å². The second-order valence-corrected chi connectivity index (χ2v) is 9.71. The van der Waals surface area contributed by atoms with E-state index >= 15 is 0 Å². The molecule has 2 heterocycles. The van der Waals surface area contributed by atoms with E-state index in [0.29, 0.717) is 41.9 Å². The van der Waals surface area contributed by atoms with E-state index in [1.165, 1.54) is 16.7 Å². The first-order valence-electron chi connectivity index (χ1n) is 11.6. The van der Waals surface area contributed by atoms with Gasteiger partial charge in [0.25, 0.3) is 5.56 Å². The largest absolute Gasteiger partial charge is 0.331 e. The molecule has 0 saturated carbocycles. The van der Waals surface area contributed by atoms with Crippen LogP contribution in [0, 0.1) is 5.82 Å². The summed E-state index contributed by atoms with van der Waals surface area (Å²) in [5.41, 5.74) is 0.845. The lowest BCUT2D eigenvalue weighted by atomic mass is 10.1. The first kappa shape index (κ1) is 24.8. The molecule has 182 valence electrons. The number of para-hydroxylation sites is 1. The standard InChI is InChI=1S/C27H29FN4O2S/c1-4-24(31(16-15-30(2)3)25(33)18-21-8-7-17-35-21)26-29-23-10-6-5-9-22(23)27(34)32(26)20-13-11-19(28)12-14-20/h5-14,17,24H,4,15-16,18H2,1-3H3. The summed E-state index contributed by atoms with van der Waals surface area (Å²) in [7, 11) is 3.93. The van der Waals surface area contributed by atoms with Crippen LogP contribution in [0.5, 0.6) is 0 Å². The Morgan fingerprint density at radius 2 is 1.80 bits per heavy atom. The number of carbonyl (C=O) groups is 1. The first-order valence-corrected chi connectivity index (χ1v) is 12.5. The molecule has 8 heteroatoms. The molecule has 0 saturated heterocycles. The quantitative estimate of drug-likeness (QED) is 0.341. The number of hydrogen-bond acceptors (Lipinski definition) is 5. The molecular weight excluding hydrogens is 463 g/mol. The van der Waals surface area contributed by atoms with Crippen molar-refractivity contribution in [2.75, 3.05) is 27.2 Å². The predicted octanol–water partition coefficient (Wildman–Crippen LogP) is 4.67. The molecule has 4 aromatic rings. The van der Waals surface area contributed by atoms with Gasteiger partial charge in [0.05, 0.1) is 29.1 Å². The van der Waals surface area contributed by atoms with Crippen molar-refractivity contribution < 1.29 is 9.18 Å². The lowest BCUT2D eigenvalue weighted by Gasteiger charge is -2.33. The summed E-state index contributed by atoms with van der Waals surface area (Å²) in [4.78, 5) is 37.0. The van der Waals surface area contributed by atoms with Gasteiger partial charge in [-0.3, -0.25) is 14.2 Å². The Morgan fingerprint density at radius 3 is 2.46 bits per heavy atom. The van der Waals surface area contributed by atoms with Gasteiger partial charge in [0.2, 0.25) is 5.91 Å². The smallest absolute Gasteiger partial charge is 0.266 e. The van der Waals surface area contributed by atoms with E-state index in [9.17, 15) is 14.0 Å². The summed E-state index contributed by atoms with van der Waals surface area (Å²) in [5.74, 6) is 0.0678. The van der Waals surface area contributed by atoms with Crippen LogP contribution in [0.25, 0.3) is 16.6 Å². The van der Waals surface area contributed by atoms with E-state index in [1.54, 1.807) is 41.7 Å². The molecule has 4 rings (SSSR count). The molecule has 2 aromatic carbocycles. The molecule has 0 aliphatic carbocycles. The van der Waals surface area contributed by atoms with Gasteiger partial charge in [-0.1, -0.05) is 25.1 Å². The van der Waals surface area contributed by atoms with Gasteiger partial charge in [0.1, 0.15) is 11.6 Å². The molecule has 0 bridgehead atoms. The van der Waals surface area contributed by atoms with Gasteiger partial charge in [-0.15, -0.1) is 11.3 Å². The third-order valence-electron chi connectivity index (χ3n) is 5.96. The molecule has 35 heavy (non-hydrogen) atoms. The number of nitrogens with zero attached hydrogens (tertiary/aromatic N) is 4. The number of thiophene rings is 1. The highest BCUT2D eigenvalue weighted by molar-refractivity contribution is 7.10. The number of benzene rings is 2. The van der Waals surface area contributed by atoms with Crippen LogP contribution in [-0.4, -0.2) is 52.4 Å². The second-order valence-electron chi connectivity index (χ2n) is 8.67. The summed E-state index contributed by atoms with van der Waals surface area (Å²) in [6.07, 6.45) is 0.853. The Bertz CT molecular complexity index is 1350. The maximum Gasteiger partial charge on any atom is 0.266 e. The summed E-state index contributed by atoms with van der Waals surface area (Å²) in [5, 5.41) is 2.43. The molecule has 0 radical (unpaired) electrons. The first-order chi connectivity index (χ1) is 16.9. The Labute approximate surface area is 208 Å². The summed E-state index contributed by atoms with van der Waals surface area (Å²) >= 11 is 1.55. The lowest BCUT2D eigenvalue weighted by molar-refractivity contribution is -0.133. The number of carbonyl (C=O) groups excluding carboxylic acids is 1. The molecule has 0 spiro atoms. The summed E-state index contributed by atoms with van der Waals surface area (Å²) < 4.78 is 15.2. The Kier molecular flexibility index (Phi) is 7.73. The fraction of sp³-hybridized carbons (Fsp3) is 0.296. The molecule has 0 aliphatic rings. The minimum Gasteiger partial charge on any atom is -0.331 e. The van der Waals surface area contributed by atoms with Crippen LogP contribution in [0.4, 0.5) is 4.39 Å². The van der Waals surface area contributed by atoms with Crippen LogP contribution >= 0.6 is 11.3 Å². The van der Waals surface area contributed by atoms with Gasteiger partial charge < -0.3 is 9.80 Å². The Hall–Kier alpha value is -3.36. The van der Waals surface area contributed by atoms with Crippen molar-refractivity contribution in [2.45, 2.75) is 25.8 Å². The molecule has 0 aliphatic heterocycles. The number of halogens is 1. The Morgan fingerprint density at radius 1 is 1.06 bits per heavy atom. The van der Waals surface area contributed by atoms with Crippen LogP contribution < -0.4 is 5.56 Å². The van der Waals surface area contributed by atoms with Crippen molar-refractivity contribution in [3.63, 3.8) is 0 Å². The maximum atomic E-state index is 13.7. The zero-order valence-electron chi connectivity index (χ0n) is 20.1. The maximum absolute atomic E-state index is 13.7. The Balaban J connectivity index is 1.88. The van der Waals surface area contributed by atoms with Gasteiger partial charge in [-0.25, -0.2) is 9.37 Å². The number of amides is 1. The van der Waals surface area contributed by atoms with Crippen molar-refractivity contribution in [1.82, 2.24) is 19.4 Å². The van der Waals surface area contributed by atoms with E-state index in [0.717, 1.165) is 4.88 Å². The zero-order chi connectivity index (χ0) is 24.9. The third-order valence-corrected chi connectivity index (χ3v) is 6.84. The number of likely N-dealkylation sites (N-methyl/N-ethyl adjacent to an activating group) is 1. The van der Waals surface area contributed by atoms with E-state index in [1.807, 2.05) is 54.4 Å². The molecule has 1 amide bonds. The topological polar surface area (TPSA) is 58.4 Å². The summed E-state index contributed by atoms with van der Waals surface area (Å²) in [6, 6.07) is 16.4. The minimum absolute atomic E-state index is 0.0192. The molecule has 2 aromatic heterocycles. The van der Waals surface area contributed by atoms with Crippen molar-refractivity contribution in [2.24, 2.45) is 0 Å². The number of aromatic nitrogens is 2. The van der Waals surface area contributed by atoms with Crippen LogP contribution in [0.1, 0.15) is 30.1 Å². The zero-order valence-corrected chi connectivity index (χ0v) is 21.0. The molecular formula is C27H29FN4O2S. The number of hydrogen-bond donors (Lipinski definition) is 0. The average Bonchev–Trinajstić information content (AvgIpc) is 3.35. The van der Waals surface area contributed by atoms with Gasteiger partial charge in [-0.05, 0) is 68.4 Å². The molecule has 1 atom stereocenters. The molecule has 0 fully saturated rings. The molecule has 1 unspecified atom stereocenters. The lowest BCUT2D eigenvalue weighted by Crippen LogP contribution is -2.42.